The minimum absolute atomic E-state index is 0.0179. The lowest BCUT2D eigenvalue weighted by atomic mass is 10.1. The standard InChI is InChI=1S/C17H19N3O/c1-12(14-3-2-10-18-11-14)19-15-6-4-13(5-7-15)17(21)20-16-8-9-16/h2-7,10-12,16,19H,8-9H2,1H3,(H,20,21). The highest BCUT2D eigenvalue weighted by molar-refractivity contribution is 5.94. The van der Waals surface area contributed by atoms with E-state index in [0.29, 0.717) is 11.6 Å². The van der Waals surface area contributed by atoms with Gasteiger partial charge in [-0.25, -0.2) is 0 Å². The van der Waals surface area contributed by atoms with Crippen LogP contribution in [-0.2, 0) is 0 Å². The predicted molar refractivity (Wildman–Crippen MR) is 83.2 cm³/mol. The maximum absolute atomic E-state index is 11.9. The number of amides is 1. The molecule has 0 bridgehead atoms. The number of nitrogens with zero attached hydrogens (tertiary/aromatic N) is 1. The van der Waals surface area contributed by atoms with E-state index in [1.807, 2.05) is 42.6 Å². The van der Waals surface area contributed by atoms with Crippen LogP contribution < -0.4 is 10.6 Å². The van der Waals surface area contributed by atoms with Crippen molar-refractivity contribution in [3.8, 4) is 0 Å². The van der Waals surface area contributed by atoms with Gasteiger partial charge in [-0.3, -0.25) is 9.78 Å². The Balaban J connectivity index is 1.62. The fourth-order valence-corrected chi connectivity index (χ4v) is 2.18. The molecule has 0 radical (unpaired) electrons. The van der Waals surface area contributed by atoms with E-state index in [0.717, 1.165) is 24.1 Å². The highest BCUT2D eigenvalue weighted by Crippen LogP contribution is 2.21. The van der Waals surface area contributed by atoms with E-state index < -0.39 is 0 Å². The molecule has 1 atom stereocenters. The zero-order valence-corrected chi connectivity index (χ0v) is 12.0. The number of pyridine rings is 1. The molecule has 1 aromatic heterocycles. The summed E-state index contributed by atoms with van der Waals surface area (Å²) >= 11 is 0. The van der Waals surface area contributed by atoms with Crippen LogP contribution in [0.1, 0.15) is 41.7 Å². The average molecular weight is 281 g/mol. The highest BCUT2D eigenvalue weighted by atomic mass is 16.1. The third-order valence-corrected chi connectivity index (χ3v) is 3.63. The number of carbonyl (C=O) groups excluding carboxylic acids is 1. The molecule has 0 spiro atoms. The molecule has 108 valence electrons. The van der Waals surface area contributed by atoms with Crippen LogP contribution in [0, 0.1) is 0 Å². The third kappa shape index (κ3) is 3.60. The summed E-state index contributed by atoms with van der Waals surface area (Å²) in [5.74, 6) is 0.0179. The van der Waals surface area contributed by atoms with Crippen molar-refractivity contribution in [2.24, 2.45) is 0 Å². The molecule has 1 saturated carbocycles. The molecule has 2 aromatic rings. The van der Waals surface area contributed by atoms with E-state index in [4.69, 9.17) is 0 Å². The molecule has 1 unspecified atom stereocenters. The molecule has 1 fully saturated rings. The van der Waals surface area contributed by atoms with Crippen molar-refractivity contribution in [2.75, 3.05) is 5.32 Å². The Hall–Kier alpha value is -2.36. The quantitative estimate of drug-likeness (QED) is 0.885. The van der Waals surface area contributed by atoms with Gasteiger partial charge in [0.25, 0.3) is 5.91 Å². The first-order chi connectivity index (χ1) is 10.2. The summed E-state index contributed by atoms with van der Waals surface area (Å²) in [7, 11) is 0. The van der Waals surface area contributed by atoms with Crippen molar-refractivity contribution >= 4 is 11.6 Å². The first-order valence-electron chi connectivity index (χ1n) is 7.30. The van der Waals surface area contributed by atoms with Crippen LogP contribution in [0.15, 0.2) is 48.8 Å². The molecule has 2 N–H and O–H groups in total. The van der Waals surface area contributed by atoms with Gasteiger partial charge in [-0.05, 0) is 55.7 Å². The number of aromatic nitrogens is 1. The molecule has 4 heteroatoms. The van der Waals surface area contributed by atoms with Gasteiger partial charge in [0.2, 0.25) is 0 Å². The molecule has 0 aliphatic heterocycles. The smallest absolute Gasteiger partial charge is 0.251 e. The van der Waals surface area contributed by atoms with Crippen LogP contribution in [0.5, 0.6) is 0 Å². The molecule has 1 aliphatic carbocycles. The predicted octanol–water partition coefficient (Wildman–Crippen LogP) is 3.15. The molecule has 1 heterocycles. The Bertz CT molecular complexity index is 606. The van der Waals surface area contributed by atoms with Gasteiger partial charge in [0.05, 0.1) is 6.04 Å². The van der Waals surface area contributed by atoms with Crippen LogP contribution in [-0.4, -0.2) is 16.9 Å². The van der Waals surface area contributed by atoms with Gasteiger partial charge in [-0.2, -0.15) is 0 Å². The lowest BCUT2D eigenvalue weighted by molar-refractivity contribution is 0.0951. The maximum Gasteiger partial charge on any atom is 0.251 e. The fraction of sp³-hybridized carbons (Fsp3) is 0.294. The molecular formula is C17H19N3O. The van der Waals surface area contributed by atoms with Crippen molar-refractivity contribution in [3.63, 3.8) is 0 Å². The second-order valence-corrected chi connectivity index (χ2v) is 5.48. The van der Waals surface area contributed by atoms with E-state index in [9.17, 15) is 4.79 Å². The average Bonchev–Trinajstić information content (AvgIpc) is 3.33. The van der Waals surface area contributed by atoms with Gasteiger partial charge in [0.1, 0.15) is 0 Å². The van der Waals surface area contributed by atoms with E-state index in [2.05, 4.69) is 22.5 Å². The maximum atomic E-state index is 11.9. The van der Waals surface area contributed by atoms with Gasteiger partial charge in [-0.15, -0.1) is 0 Å². The Morgan fingerprint density at radius 1 is 1.24 bits per heavy atom. The van der Waals surface area contributed by atoms with Crippen LogP contribution in [0.2, 0.25) is 0 Å². The van der Waals surface area contributed by atoms with Crippen molar-refractivity contribution in [3.05, 3.63) is 59.9 Å². The monoisotopic (exact) mass is 281 g/mol. The summed E-state index contributed by atoms with van der Waals surface area (Å²) in [6.07, 6.45) is 5.83. The van der Waals surface area contributed by atoms with E-state index in [1.165, 1.54) is 0 Å². The van der Waals surface area contributed by atoms with E-state index in [1.54, 1.807) is 6.20 Å². The lowest BCUT2D eigenvalue weighted by Gasteiger charge is -2.15. The molecule has 4 nitrogen and oxygen atoms in total. The summed E-state index contributed by atoms with van der Waals surface area (Å²) in [5.41, 5.74) is 2.84. The zero-order chi connectivity index (χ0) is 14.7. The van der Waals surface area contributed by atoms with Crippen LogP contribution in [0.25, 0.3) is 0 Å². The molecule has 1 aromatic carbocycles. The molecular weight excluding hydrogens is 262 g/mol. The second kappa shape index (κ2) is 5.95. The number of hydrogen-bond acceptors (Lipinski definition) is 3. The van der Waals surface area contributed by atoms with E-state index >= 15 is 0 Å². The fourth-order valence-electron chi connectivity index (χ4n) is 2.18. The Morgan fingerprint density at radius 2 is 2.00 bits per heavy atom. The second-order valence-electron chi connectivity index (χ2n) is 5.48. The van der Waals surface area contributed by atoms with Crippen LogP contribution in [0.4, 0.5) is 5.69 Å². The first-order valence-corrected chi connectivity index (χ1v) is 7.30. The molecule has 1 aliphatic rings. The number of carbonyl (C=O) groups is 1. The van der Waals surface area contributed by atoms with Crippen molar-refractivity contribution in [1.82, 2.24) is 10.3 Å². The largest absolute Gasteiger partial charge is 0.378 e. The lowest BCUT2D eigenvalue weighted by Crippen LogP contribution is -2.25. The molecule has 0 saturated heterocycles. The minimum atomic E-state index is 0.0179. The summed E-state index contributed by atoms with van der Waals surface area (Å²) in [6, 6.07) is 12.1. The third-order valence-electron chi connectivity index (χ3n) is 3.63. The number of hydrogen-bond donors (Lipinski definition) is 2. The minimum Gasteiger partial charge on any atom is -0.378 e. The van der Waals surface area contributed by atoms with Crippen LogP contribution >= 0.6 is 0 Å². The molecule has 1 amide bonds. The molecule has 21 heavy (non-hydrogen) atoms. The Labute approximate surface area is 124 Å². The van der Waals surface area contributed by atoms with E-state index in [-0.39, 0.29) is 11.9 Å². The topological polar surface area (TPSA) is 54.0 Å². The van der Waals surface area contributed by atoms with Gasteiger partial charge < -0.3 is 10.6 Å². The Morgan fingerprint density at radius 3 is 2.62 bits per heavy atom. The van der Waals surface area contributed by atoms with Crippen LogP contribution in [0.3, 0.4) is 0 Å². The van der Waals surface area contributed by atoms with Gasteiger partial charge in [0, 0.05) is 29.7 Å². The van der Waals surface area contributed by atoms with Crippen molar-refractivity contribution in [2.45, 2.75) is 31.8 Å². The van der Waals surface area contributed by atoms with Gasteiger partial charge >= 0.3 is 0 Å². The van der Waals surface area contributed by atoms with Gasteiger partial charge in [0.15, 0.2) is 0 Å². The Kier molecular flexibility index (Phi) is 3.86. The number of anilines is 1. The first kappa shape index (κ1) is 13.6. The zero-order valence-electron chi connectivity index (χ0n) is 12.0. The summed E-state index contributed by atoms with van der Waals surface area (Å²) in [4.78, 5) is 16.0. The van der Waals surface area contributed by atoms with Crippen molar-refractivity contribution < 1.29 is 4.79 Å². The SMILES string of the molecule is CC(Nc1ccc(C(=O)NC2CC2)cc1)c1cccnc1. The summed E-state index contributed by atoms with van der Waals surface area (Å²) in [5, 5.41) is 6.39. The number of rotatable bonds is 5. The molecule has 3 rings (SSSR count). The number of benzene rings is 1. The highest BCUT2D eigenvalue weighted by Gasteiger charge is 2.23. The summed E-state index contributed by atoms with van der Waals surface area (Å²) in [6.45, 7) is 2.09. The summed E-state index contributed by atoms with van der Waals surface area (Å²) < 4.78 is 0. The normalized spacial score (nSPS) is 15.3. The number of nitrogens with one attached hydrogen (secondary N) is 2. The van der Waals surface area contributed by atoms with Crippen molar-refractivity contribution in [1.29, 1.82) is 0 Å². The van der Waals surface area contributed by atoms with Gasteiger partial charge in [-0.1, -0.05) is 6.07 Å².